The van der Waals surface area contributed by atoms with Crippen molar-refractivity contribution >= 4 is 11.9 Å². The number of carbonyl (C=O) groups is 2. The molecule has 6 nitrogen and oxygen atoms in total. The number of morpholine rings is 1. The van der Waals surface area contributed by atoms with Gasteiger partial charge in [-0.15, -0.1) is 0 Å². The van der Waals surface area contributed by atoms with E-state index in [4.69, 9.17) is 9.84 Å². The quantitative estimate of drug-likeness (QED) is 0.781. The fourth-order valence-electron chi connectivity index (χ4n) is 3.15. The Balaban J connectivity index is 1.69. The largest absolute Gasteiger partial charge is 0.481 e. The van der Waals surface area contributed by atoms with Gasteiger partial charge in [0, 0.05) is 25.6 Å². The Hall–Kier alpha value is -1.14. The summed E-state index contributed by atoms with van der Waals surface area (Å²) in [6, 6.07) is 0. The van der Waals surface area contributed by atoms with Crippen molar-refractivity contribution in [1.29, 1.82) is 0 Å². The number of hydrogen-bond acceptors (Lipinski definition) is 4. The number of aliphatic carboxylic acids is 1. The predicted octanol–water partition coefficient (Wildman–Crippen LogP) is 0.714. The van der Waals surface area contributed by atoms with Crippen LogP contribution in [0.3, 0.4) is 0 Å². The first kappa shape index (κ1) is 16.2. The molecule has 21 heavy (non-hydrogen) atoms. The van der Waals surface area contributed by atoms with Crippen molar-refractivity contribution in [2.45, 2.75) is 38.7 Å². The molecule has 1 amide bonds. The number of hydrogen-bond donors (Lipinski definition) is 2. The molecule has 1 saturated heterocycles. The van der Waals surface area contributed by atoms with Crippen molar-refractivity contribution in [3.63, 3.8) is 0 Å². The summed E-state index contributed by atoms with van der Waals surface area (Å²) >= 11 is 0. The van der Waals surface area contributed by atoms with Crippen molar-refractivity contribution < 1.29 is 19.4 Å². The first-order valence-corrected chi connectivity index (χ1v) is 7.94. The molecule has 6 heteroatoms. The van der Waals surface area contributed by atoms with Gasteiger partial charge in [-0.25, -0.2) is 0 Å². The Morgan fingerprint density at radius 1 is 1.24 bits per heavy atom. The number of amides is 1. The number of carboxylic acids is 1. The van der Waals surface area contributed by atoms with Crippen LogP contribution in [0.25, 0.3) is 0 Å². The second-order valence-corrected chi connectivity index (χ2v) is 6.02. The molecule has 1 saturated carbocycles. The molecule has 1 atom stereocenters. The third-order valence-electron chi connectivity index (χ3n) is 4.62. The van der Waals surface area contributed by atoms with Crippen LogP contribution in [0.1, 0.15) is 32.6 Å². The van der Waals surface area contributed by atoms with Crippen LogP contribution < -0.4 is 5.32 Å². The average Bonchev–Trinajstić information content (AvgIpc) is 2.53. The molecule has 2 fully saturated rings. The van der Waals surface area contributed by atoms with Crippen LogP contribution in [0.15, 0.2) is 0 Å². The topological polar surface area (TPSA) is 78.9 Å². The Bertz CT molecular complexity index is 367. The highest BCUT2D eigenvalue weighted by Gasteiger charge is 2.30. The maximum Gasteiger partial charge on any atom is 0.306 e. The number of ether oxygens (including phenoxy) is 1. The fraction of sp³-hybridized carbons (Fsp3) is 0.867. The van der Waals surface area contributed by atoms with Crippen molar-refractivity contribution in [2.24, 2.45) is 11.8 Å². The van der Waals surface area contributed by atoms with Crippen LogP contribution in [0, 0.1) is 11.8 Å². The Morgan fingerprint density at radius 3 is 2.52 bits per heavy atom. The molecule has 0 radical (unpaired) electrons. The second kappa shape index (κ2) is 7.75. The van der Waals surface area contributed by atoms with E-state index >= 15 is 0 Å². The lowest BCUT2D eigenvalue weighted by atomic mass is 9.81. The predicted molar refractivity (Wildman–Crippen MR) is 77.9 cm³/mol. The van der Waals surface area contributed by atoms with E-state index in [1.807, 2.05) is 0 Å². The molecule has 2 aliphatic rings. The first-order chi connectivity index (χ1) is 10.1. The van der Waals surface area contributed by atoms with E-state index in [2.05, 4.69) is 17.1 Å². The zero-order valence-electron chi connectivity index (χ0n) is 12.7. The summed E-state index contributed by atoms with van der Waals surface area (Å²) in [5.41, 5.74) is 0. The van der Waals surface area contributed by atoms with Gasteiger partial charge in [0.15, 0.2) is 0 Å². The number of nitrogens with one attached hydrogen (secondary N) is 1. The van der Waals surface area contributed by atoms with Crippen LogP contribution in [-0.4, -0.2) is 60.8 Å². The van der Waals surface area contributed by atoms with Crippen LogP contribution in [0.2, 0.25) is 0 Å². The maximum atomic E-state index is 12.1. The maximum absolute atomic E-state index is 12.1. The highest BCUT2D eigenvalue weighted by atomic mass is 16.5. The fourth-order valence-corrected chi connectivity index (χ4v) is 3.15. The van der Waals surface area contributed by atoms with E-state index < -0.39 is 5.97 Å². The van der Waals surface area contributed by atoms with Gasteiger partial charge in [0.05, 0.1) is 18.6 Å². The summed E-state index contributed by atoms with van der Waals surface area (Å²) in [4.78, 5) is 25.4. The zero-order valence-corrected chi connectivity index (χ0v) is 12.7. The van der Waals surface area contributed by atoms with E-state index in [9.17, 15) is 9.59 Å². The van der Waals surface area contributed by atoms with Gasteiger partial charge in [-0.3, -0.25) is 14.5 Å². The smallest absolute Gasteiger partial charge is 0.306 e. The molecule has 1 aliphatic carbocycles. The molecule has 2 rings (SSSR count). The second-order valence-electron chi connectivity index (χ2n) is 6.02. The van der Waals surface area contributed by atoms with Gasteiger partial charge in [-0.2, -0.15) is 0 Å². The van der Waals surface area contributed by atoms with E-state index in [-0.39, 0.29) is 23.8 Å². The molecule has 120 valence electrons. The minimum absolute atomic E-state index is 0.0357. The zero-order chi connectivity index (χ0) is 15.2. The number of rotatable bonds is 5. The summed E-state index contributed by atoms with van der Waals surface area (Å²) in [7, 11) is 0. The molecule has 0 aromatic rings. The normalized spacial score (nSPS) is 30.8. The average molecular weight is 298 g/mol. The molecule has 0 aromatic carbocycles. The SMILES string of the molecule is CCN1CCOC(CNC(=O)C2CCC(C(=O)O)CC2)C1. The number of carbonyl (C=O) groups excluding carboxylic acids is 1. The minimum atomic E-state index is -0.732. The van der Waals surface area contributed by atoms with Crippen molar-refractivity contribution in [3.8, 4) is 0 Å². The van der Waals surface area contributed by atoms with Gasteiger partial charge in [0.1, 0.15) is 0 Å². The van der Waals surface area contributed by atoms with Crippen molar-refractivity contribution in [2.75, 3.05) is 32.8 Å². The molecule has 1 heterocycles. The van der Waals surface area contributed by atoms with Crippen LogP contribution in [-0.2, 0) is 14.3 Å². The van der Waals surface area contributed by atoms with E-state index in [0.29, 0.717) is 32.2 Å². The lowest BCUT2D eigenvalue weighted by molar-refractivity contribution is -0.144. The molecular weight excluding hydrogens is 272 g/mol. The Morgan fingerprint density at radius 2 is 1.90 bits per heavy atom. The van der Waals surface area contributed by atoms with Gasteiger partial charge in [-0.1, -0.05) is 6.92 Å². The minimum Gasteiger partial charge on any atom is -0.481 e. The van der Waals surface area contributed by atoms with Gasteiger partial charge < -0.3 is 15.2 Å². The molecule has 0 bridgehead atoms. The van der Waals surface area contributed by atoms with E-state index in [1.165, 1.54) is 0 Å². The molecule has 1 aliphatic heterocycles. The number of nitrogens with zero attached hydrogens (tertiary/aromatic N) is 1. The lowest BCUT2D eigenvalue weighted by Gasteiger charge is -2.32. The molecular formula is C15H26N2O4. The van der Waals surface area contributed by atoms with Crippen LogP contribution in [0.5, 0.6) is 0 Å². The molecule has 2 N–H and O–H groups in total. The number of likely N-dealkylation sites (N-methyl/N-ethyl adjacent to an activating group) is 1. The van der Waals surface area contributed by atoms with Gasteiger partial charge >= 0.3 is 5.97 Å². The monoisotopic (exact) mass is 298 g/mol. The van der Waals surface area contributed by atoms with Crippen LogP contribution >= 0.6 is 0 Å². The highest BCUT2D eigenvalue weighted by Crippen LogP contribution is 2.29. The molecule has 1 unspecified atom stereocenters. The third kappa shape index (κ3) is 4.68. The van der Waals surface area contributed by atoms with Crippen LogP contribution in [0.4, 0.5) is 0 Å². The molecule has 0 aromatic heterocycles. The summed E-state index contributed by atoms with van der Waals surface area (Å²) in [6.07, 6.45) is 2.64. The summed E-state index contributed by atoms with van der Waals surface area (Å²) in [5, 5.41) is 11.9. The van der Waals surface area contributed by atoms with Crippen molar-refractivity contribution in [3.05, 3.63) is 0 Å². The highest BCUT2D eigenvalue weighted by molar-refractivity contribution is 5.79. The lowest BCUT2D eigenvalue weighted by Crippen LogP contribution is -2.48. The summed E-state index contributed by atoms with van der Waals surface area (Å²) in [6.45, 7) is 6.23. The van der Waals surface area contributed by atoms with Crippen molar-refractivity contribution in [1.82, 2.24) is 10.2 Å². The summed E-state index contributed by atoms with van der Waals surface area (Å²) < 4.78 is 5.66. The first-order valence-electron chi connectivity index (χ1n) is 7.94. The third-order valence-corrected chi connectivity index (χ3v) is 4.62. The van der Waals surface area contributed by atoms with E-state index in [0.717, 1.165) is 26.2 Å². The number of carboxylic acid groups (broad SMARTS) is 1. The summed E-state index contributed by atoms with van der Waals surface area (Å²) in [5.74, 6) is -0.986. The standard InChI is InChI=1S/C15H26N2O4/c1-2-17-7-8-21-13(10-17)9-16-14(18)11-3-5-12(6-4-11)15(19)20/h11-13H,2-10H2,1H3,(H,16,18)(H,19,20). The van der Waals surface area contributed by atoms with E-state index in [1.54, 1.807) is 0 Å². The molecule has 0 spiro atoms. The van der Waals surface area contributed by atoms with Gasteiger partial charge in [0.2, 0.25) is 5.91 Å². The Labute approximate surface area is 125 Å². The van der Waals surface area contributed by atoms with Gasteiger partial charge in [-0.05, 0) is 32.2 Å². The Kier molecular flexibility index (Phi) is 5.99. The van der Waals surface area contributed by atoms with Gasteiger partial charge in [0.25, 0.3) is 0 Å².